The Morgan fingerprint density at radius 2 is 2.36 bits per heavy atom. The van der Waals surface area contributed by atoms with Crippen LogP contribution in [-0.2, 0) is 6.54 Å². The fourth-order valence-electron chi connectivity index (χ4n) is 1.48. The average Bonchev–Trinajstić information content (AvgIpc) is 2.68. The highest BCUT2D eigenvalue weighted by Crippen LogP contribution is 2.14. The van der Waals surface area contributed by atoms with Crippen molar-refractivity contribution in [2.45, 2.75) is 32.9 Å². The SMILES string of the molecule is CC[C@H](C)N(CCN)Cc1cccs1. The van der Waals surface area contributed by atoms with Gasteiger partial charge in [0.2, 0.25) is 0 Å². The van der Waals surface area contributed by atoms with Crippen LogP contribution in [-0.4, -0.2) is 24.0 Å². The van der Waals surface area contributed by atoms with E-state index in [1.807, 2.05) is 11.3 Å². The van der Waals surface area contributed by atoms with Crippen molar-refractivity contribution in [1.29, 1.82) is 0 Å². The van der Waals surface area contributed by atoms with Gasteiger partial charge in [0, 0.05) is 30.6 Å². The minimum absolute atomic E-state index is 0.626. The van der Waals surface area contributed by atoms with Gasteiger partial charge in [0.05, 0.1) is 0 Å². The van der Waals surface area contributed by atoms with Gasteiger partial charge in [0.1, 0.15) is 0 Å². The van der Waals surface area contributed by atoms with Crippen LogP contribution in [0.25, 0.3) is 0 Å². The van der Waals surface area contributed by atoms with Crippen molar-refractivity contribution in [1.82, 2.24) is 4.90 Å². The number of thiophene rings is 1. The molecule has 0 fully saturated rings. The first kappa shape index (κ1) is 11.7. The highest BCUT2D eigenvalue weighted by Gasteiger charge is 2.11. The Balaban J connectivity index is 2.50. The summed E-state index contributed by atoms with van der Waals surface area (Å²) in [6.07, 6.45) is 1.19. The van der Waals surface area contributed by atoms with Crippen molar-refractivity contribution >= 4 is 11.3 Å². The first-order valence-electron chi connectivity index (χ1n) is 5.24. The maximum Gasteiger partial charge on any atom is 0.0331 e. The third kappa shape index (κ3) is 3.40. The lowest BCUT2D eigenvalue weighted by Gasteiger charge is -2.27. The predicted octanol–water partition coefficient (Wildman–Crippen LogP) is 2.31. The summed E-state index contributed by atoms with van der Waals surface area (Å²) in [4.78, 5) is 3.88. The highest BCUT2D eigenvalue weighted by atomic mass is 32.1. The van der Waals surface area contributed by atoms with E-state index in [4.69, 9.17) is 5.73 Å². The summed E-state index contributed by atoms with van der Waals surface area (Å²) in [6.45, 7) is 7.28. The lowest BCUT2D eigenvalue weighted by molar-refractivity contribution is 0.203. The van der Waals surface area contributed by atoms with Crippen LogP contribution in [0.2, 0.25) is 0 Å². The van der Waals surface area contributed by atoms with Gasteiger partial charge in [-0.3, -0.25) is 4.90 Å². The average molecular weight is 212 g/mol. The molecule has 80 valence electrons. The molecule has 0 aliphatic rings. The molecule has 0 spiro atoms. The molecule has 2 N–H and O–H groups in total. The lowest BCUT2D eigenvalue weighted by Crippen LogP contribution is -2.35. The molecule has 1 aromatic heterocycles. The summed E-state index contributed by atoms with van der Waals surface area (Å²) in [5, 5.41) is 2.13. The second-order valence-electron chi connectivity index (χ2n) is 3.60. The van der Waals surface area contributed by atoms with Gasteiger partial charge in [-0.05, 0) is 24.8 Å². The predicted molar refractivity (Wildman–Crippen MR) is 63.5 cm³/mol. The molecule has 14 heavy (non-hydrogen) atoms. The Bertz CT molecular complexity index is 233. The standard InChI is InChI=1S/C11H20N2S/c1-3-10(2)13(7-6-12)9-11-5-4-8-14-11/h4-5,8,10H,3,6-7,9,12H2,1-2H3/t10-/m0/s1. The molecule has 0 aliphatic carbocycles. The number of nitrogens with two attached hydrogens (primary N) is 1. The Morgan fingerprint density at radius 3 is 2.86 bits per heavy atom. The Kier molecular flexibility index (Phi) is 5.15. The molecular formula is C11H20N2S. The fraction of sp³-hybridized carbons (Fsp3) is 0.636. The summed E-state index contributed by atoms with van der Waals surface area (Å²) in [7, 11) is 0. The van der Waals surface area contributed by atoms with E-state index in [1.54, 1.807) is 0 Å². The molecule has 1 heterocycles. The normalized spacial score (nSPS) is 13.4. The van der Waals surface area contributed by atoms with Crippen LogP contribution >= 0.6 is 11.3 Å². The molecule has 1 rings (SSSR count). The van der Waals surface area contributed by atoms with E-state index in [2.05, 4.69) is 36.3 Å². The minimum atomic E-state index is 0.626. The van der Waals surface area contributed by atoms with Crippen molar-refractivity contribution in [3.05, 3.63) is 22.4 Å². The fourth-order valence-corrected chi connectivity index (χ4v) is 2.21. The van der Waals surface area contributed by atoms with Crippen molar-refractivity contribution in [2.75, 3.05) is 13.1 Å². The molecule has 0 amide bonds. The molecule has 0 saturated carbocycles. The van der Waals surface area contributed by atoms with Crippen molar-refractivity contribution < 1.29 is 0 Å². The summed E-state index contributed by atoms with van der Waals surface area (Å²) >= 11 is 1.82. The van der Waals surface area contributed by atoms with Crippen LogP contribution in [0.15, 0.2) is 17.5 Å². The number of rotatable bonds is 6. The summed E-state index contributed by atoms with van der Waals surface area (Å²) in [5.41, 5.74) is 5.61. The topological polar surface area (TPSA) is 29.3 Å². The van der Waals surface area contributed by atoms with Crippen molar-refractivity contribution in [3.8, 4) is 0 Å². The third-order valence-electron chi connectivity index (χ3n) is 2.57. The van der Waals surface area contributed by atoms with E-state index in [0.717, 1.165) is 19.6 Å². The van der Waals surface area contributed by atoms with Gasteiger partial charge in [-0.1, -0.05) is 13.0 Å². The van der Waals surface area contributed by atoms with Gasteiger partial charge in [-0.25, -0.2) is 0 Å². The van der Waals surface area contributed by atoms with E-state index in [1.165, 1.54) is 11.3 Å². The molecule has 0 saturated heterocycles. The van der Waals surface area contributed by atoms with Crippen molar-refractivity contribution in [3.63, 3.8) is 0 Å². The molecule has 0 unspecified atom stereocenters. The zero-order valence-corrected chi connectivity index (χ0v) is 9.89. The number of hydrogen-bond donors (Lipinski definition) is 1. The second-order valence-corrected chi connectivity index (χ2v) is 4.63. The summed E-state index contributed by atoms with van der Waals surface area (Å²) in [5.74, 6) is 0. The Hall–Kier alpha value is -0.380. The molecule has 0 aliphatic heterocycles. The maximum atomic E-state index is 5.61. The van der Waals surface area contributed by atoms with Gasteiger partial charge in [0.15, 0.2) is 0 Å². The molecule has 1 aromatic rings. The first-order chi connectivity index (χ1) is 6.77. The molecule has 1 atom stereocenters. The van der Waals surface area contributed by atoms with Crippen LogP contribution in [0.1, 0.15) is 25.1 Å². The van der Waals surface area contributed by atoms with Gasteiger partial charge < -0.3 is 5.73 Å². The summed E-state index contributed by atoms with van der Waals surface area (Å²) in [6, 6.07) is 4.93. The largest absolute Gasteiger partial charge is 0.329 e. The van der Waals surface area contributed by atoms with Crippen LogP contribution in [0.5, 0.6) is 0 Å². The van der Waals surface area contributed by atoms with E-state index < -0.39 is 0 Å². The van der Waals surface area contributed by atoms with Crippen LogP contribution in [0.3, 0.4) is 0 Å². The first-order valence-corrected chi connectivity index (χ1v) is 6.12. The second kappa shape index (κ2) is 6.17. The minimum Gasteiger partial charge on any atom is -0.329 e. The number of nitrogens with zero attached hydrogens (tertiary/aromatic N) is 1. The molecule has 3 heteroatoms. The van der Waals surface area contributed by atoms with Gasteiger partial charge in [-0.15, -0.1) is 11.3 Å². The van der Waals surface area contributed by atoms with E-state index in [-0.39, 0.29) is 0 Å². The van der Waals surface area contributed by atoms with Gasteiger partial charge in [0.25, 0.3) is 0 Å². The van der Waals surface area contributed by atoms with Crippen molar-refractivity contribution in [2.24, 2.45) is 5.73 Å². The van der Waals surface area contributed by atoms with E-state index in [0.29, 0.717) is 6.04 Å². The maximum absolute atomic E-state index is 5.61. The molecule has 0 aromatic carbocycles. The zero-order valence-electron chi connectivity index (χ0n) is 9.07. The van der Waals surface area contributed by atoms with Crippen LogP contribution in [0, 0.1) is 0 Å². The van der Waals surface area contributed by atoms with Gasteiger partial charge in [-0.2, -0.15) is 0 Å². The van der Waals surface area contributed by atoms with E-state index >= 15 is 0 Å². The lowest BCUT2D eigenvalue weighted by atomic mass is 10.2. The Morgan fingerprint density at radius 1 is 1.57 bits per heavy atom. The smallest absolute Gasteiger partial charge is 0.0331 e. The highest BCUT2D eigenvalue weighted by molar-refractivity contribution is 7.09. The molecule has 0 radical (unpaired) electrons. The Labute approximate surface area is 90.7 Å². The van der Waals surface area contributed by atoms with Crippen LogP contribution < -0.4 is 5.73 Å². The molecule has 2 nitrogen and oxygen atoms in total. The third-order valence-corrected chi connectivity index (χ3v) is 3.43. The number of hydrogen-bond acceptors (Lipinski definition) is 3. The quantitative estimate of drug-likeness (QED) is 0.784. The van der Waals surface area contributed by atoms with Crippen LogP contribution in [0.4, 0.5) is 0 Å². The van der Waals surface area contributed by atoms with E-state index in [9.17, 15) is 0 Å². The zero-order chi connectivity index (χ0) is 10.4. The molecule has 0 bridgehead atoms. The molecular weight excluding hydrogens is 192 g/mol. The van der Waals surface area contributed by atoms with Gasteiger partial charge >= 0.3 is 0 Å². The summed E-state index contributed by atoms with van der Waals surface area (Å²) < 4.78 is 0. The monoisotopic (exact) mass is 212 g/mol.